The molecule has 2 aromatic carbocycles. The molecule has 0 aliphatic heterocycles. The van der Waals surface area contributed by atoms with Crippen LogP contribution in [0, 0.1) is 5.41 Å². The summed E-state index contributed by atoms with van der Waals surface area (Å²) in [7, 11) is 0. The van der Waals surface area contributed by atoms with Crippen molar-refractivity contribution in [3.8, 4) is 0 Å². The predicted octanol–water partition coefficient (Wildman–Crippen LogP) is 5.74. The van der Waals surface area contributed by atoms with Crippen molar-refractivity contribution in [2.75, 3.05) is 0 Å². The Morgan fingerprint density at radius 2 is 1.71 bits per heavy atom. The molecule has 0 amide bonds. The zero-order valence-corrected chi connectivity index (χ0v) is 13.5. The van der Waals surface area contributed by atoms with E-state index in [2.05, 4.69) is 26.8 Å². The second-order valence-electron chi connectivity index (χ2n) is 6.47. The van der Waals surface area contributed by atoms with Crippen LogP contribution in [0.2, 0.25) is 5.02 Å². The monoisotopic (exact) mass is 300 g/mol. The van der Waals surface area contributed by atoms with Crippen LogP contribution in [0.1, 0.15) is 49.0 Å². The molecule has 21 heavy (non-hydrogen) atoms. The Bertz CT molecular complexity index is 611. The van der Waals surface area contributed by atoms with Gasteiger partial charge in [-0.25, -0.2) is 0 Å². The Hall–Kier alpha value is -1.60. The molecule has 0 aliphatic rings. The Labute approximate surface area is 132 Å². The molecule has 2 aromatic rings. The molecule has 2 heteroatoms. The molecule has 1 atom stereocenters. The van der Waals surface area contributed by atoms with E-state index in [-0.39, 0.29) is 17.1 Å². The molecule has 0 unspecified atom stereocenters. The van der Waals surface area contributed by atoms with Crippen LogP contribution in [0.5, 0.6) is 0 Å². The lowest BCUT2D eigenvalue weighted by Crippen LogP contribution is -2.21. The zero-order valence-electron chi connectivity index (χ0n) is 12.8. The molecule has 0 fully saturated rings. The normalized spacial score (nSPS) is 13.0. The van der Waals surface area contributed by atoms with Crippen LogP contribution in [0.4, 0.5) is 0 Å². The Morgan fingerprint density at radius 3 is 2.29 bits per heavy atom. The molecule has 0 heterocycles. The average molecular weight is 301 g/mol. The van der Waals surface area contributed by atoms with Crippen molar-refractivity contribution in [2.45, 2.75) is 33.1 Å². The summed E-state index contributed by atoms with van der Waals surface area (Å²) in [6, 6.07) is 17.3. The van der Waals surface area contributed by atoms with E-state index in [1.807, 2.05) is 48.5 Å². The number of hydrogen-bond donors (Lipinski definition) is 0. The van der Waals surface area contributed by atoms with Gasteiger partial charge in [0.05, 0.1) is 0 Å². The van der Waals surface area contributed by atoms with Crippen LogP contribution in [-0.2, 0) is 0 Å². The van der Waals surface area contributed by atoms with Gasteiger partial charge in [-0.1, -0.05) is 74.8 Å². The van der Waals surface area contributed by atoms with Gasteiger partial charge < -0.3 is 0 Å². The molecular weight excluding hydrogens is 280 g/mol. The summed E-state index contributed by atoms with van der Waals surface area (Å²) in [5.74, 6) is 0.319. The van der Waals surface area contributed by atoms with E-state index in [0.717, 1.165) is 11.1 Å². The van der Waals surface area contributed by atoms with Gasteiger partial charge in [0.15, 0.2) is 5.78 Å². The lowest BCUT2D eigenvalue weighted by molar-refractivity contribution is 0.0951. The van der Waals surface area contributed by atoms with Crippen LogP contribution in [0.3, 0.4) is 0 Å². The van der Waals surface area contributed by atoms with Gasteiger partial charge >= 0.3 is 0 Å². The summed E-state index contributed by atoms with van der Waals surface area (Å²) in [6.45, 7) is 6.49. The number of carbonyl (C=O) groups is 1. The maximum Gasteiger partial charge on any atom is 0.163 e. The van der Waals surface area contributed by atoms with Gasteiger partial charge in [-0.3, -0.25) is 4.79 Å². The van der Waals surface area contributed by atoms with Crippen LogP contribution in [0.15, 0.2) is 54.6 Å². The minimum absolute atomic E-state index is 0.00484. The number of rotatable bonds is 4. The highest BCUT2D eigenvalue weighted by Gasteiger charge is 2.28. The minimum Gasteiger partial charge on any atom is -0.294 e. The summed E-state index contributed by atoms with van der Waals surface area (Å²) < 4.78 is 0. The number of hydrogen-bond acceptors (Lipinski definition) is 1. The number of benzene rings is 2. The van der Waals surface area contributed by atoms with Gasteiger partial charge in [0.25, 0.3) is 0 Å². The summed E-state index contributed by atoms with van der Waals surface area (Å²) in [5, 5.41) is 0.717. The molecule has 2 rings (SSSR count). The smallest absolute Gasteiger partial charge is 0.163 e. The largest absolute Gasteiger partial charge is 0.294 e. The number of carbonyl (C=O) groups excluding carboxylic acids is 1. The van der Waals surface area contributed by atoms with E-state index in [0.29, 0.717) is 11.4 Å². The third-order valence-electron chi connectivity index (χ3n) is 3.78. The molecule has 110 valence electrons. The highest BCUT2D eigenvalue weighted by atomic mass is 35.5. The zero-order chi connectivity index (χ0) is 15.5. The number of halogens is 1. The fraction of sp³-hybridized carbons (Fsp3) is 0.316. The van der Waals surface area contributed by atoms with E-state index < -0.39 is 0 Å². The van der Waals surface area contributed by atoms with Gasteiger partial charge in [-0.2, -0.15) is 0 Å². The van der Waals surface area contributed by atoms with Crippen LogP contribution in [-0.4, -0.2) is 5.78 Å². The van der Waals surface area contributed by atoms with Gasteiger partial charge in [-0.05, 0) is 29.0 Å². The molecule has 0 aliphatic carbocycles. The average Bonchev–Trinajstić information content (AvgIpc) is 2.44. The maximum atomic E-state index is 12.5. The standard InChI is InChI=1S/C19H21ClO/c1-19(2,3)17(15-10-7-11-16(20)12-15)13-18(21)14-8-5-4-6-9-14/h4-12,17H,13H2,1-3H3/t17-/m1/s1. The first-order valence-corrected chi connectivity index (χ1v) is 7.59. The van der Waals surface area contributed by atoms with Gasteiger partial charge in [0.1, 0.15) is 0 Å². The molecule has 0 bridgehead atoms. The van der Waals surface area contributed by atoms with Gasteiger partial charge in [0, 0.05) is 17.0 Å². The summed E-state index contributed by atoms with van der Waals surface area (Å²) in [4.78, 5) is 12.5. The van der Waals surface area contributed by atoms with Crippen LogP contribution < -0.4 is 0 Å². The van der Waals surface area contributed by atoms with Crippen molar-refractivity contribution in [3.63, 3.8) is 0 Å². The first-order valence-electron chi connectivity index (χ1n) is 7.21. The predicted molar refractivity (Wildman–Crippen MR) is 89.0 cm³/mol. The van der Waals surface area contributed by atoms with Crippen molar-refractivity contribution in [1.29, 1.82) is 0 Å². The lowest BCUT2D eigenvalue weighted by Gasteiger charge is -2.31. The molecule has 0 saturated carbocycles. The van der Waals surface area contributed by atoms with E-state index in [1.54, 1.807) is 0 Å². The van der Waals surface area contributed by atoms with Crippen molar-refractivity contribution in [2.24, 2.45) is 5.41 Å². The molecular formula is C19H21ClO. The third kappa shape index (κ3) is 4.18. The van der Waals surface area contributed by atoms with E-state index in [1.165, 1.54) is 0 Å². The Balaban J connectivity index is 2.28. The summed E-state index contributed by atoms with van der Waals surface area (Å²) >= 11 is 6.11. The molecule has 1 nitrogen and oxygen atoms in total. The van der Waals surface area contributed by atoms with Crippen molar-refractivity contribution < 1.29 is 4.79 Å². The van der Waals surface area contributed by atoms with Crippen molar-refractivity contribution in [3.05, 3.63) is 70.7 Å². The van der Waals surface area contributed by atoms with E-state index >= 15 is 0 Å². The molecule has 0 N–H and O–H groups in total. The van der Waals surface area contributed by atoms with Gasteiger partial charge in [-0.15, -0.1) is 0 Å². The molecule has 0 aromatic heterocycles. The van der Waals surface area contributed by atoms with Gasteiger partial charge in [0.2, 0.25) is 0 Å². The second kappa shape index (κ2) is 6.44. The molecule has 0 saturated heterocycles. The summed E-state index contributed by atoms with van der Waals surface area (Å²) in [5.41, 5.74) is 1.89. The second-order valence-corrected chi connectivity index (χ2v) is 6.90. The topological polar surface area (TPSA) is 17.1 Å². The van der Waals surface area contributed by atoms with Crippen molar-refractivity contribution in [1.82, 2.24) is 0 Å². The summed E-state index contributed by atoms with van der Waals surface area (Å²) in [6.07, 6.45) is 0.494. The Morgan fingerprint density at radius 1 is 1.05 bits per heavy atom. The number of Topliss-reactive ketones (excluding diaryl/α,β-unsaturated/α-hetero) is 1. The molecule has 0 spiro atoms. The van der Waals surface area contributed by atoms with E-state index in [9.17, 15) is 4.79 Å². The van der Waals surface area contributed by atoms with Crippen molar-refractivity contribution >= 4 is 17.4 Å². The highest BCUT2D eigenvalue weighted by Crippen LogP contribution is 2.39. The minimum atomic E-state index is -0.00484. The third-order valence-corrected chi connectivity index (χ3v) is 4.02. The lowest BCUT2D eigenvalue weighted by atomic mass is 9.73. The van der Waals surface area contributed by atoms with Crippen LogP contribution >= 0.6 is 11.6 Å². The quantitative estimate of drug-likeness (QED) is 0.658. The maximum absolute atomic E-state index is 12.5. The first-order chi connectivity index (χ1) is 9.88. The fourth-order valence-corrected chi connectivity index (χ4v) is 2.77. The highest BCUT2D eigenvalue weighted by molar-refractivity contribution is 6.30. The van der Waals surface area contributed by atoms with E-state index in [4.69, 9.17) is 11.6 Å². The first kappa shape index (κ1) is 15.8. The fourth-order valence-electron chi connectivity index (χ4n) is 2.57. The SMILES string of the molecule is CC(C)(C)[C@H](CC(=O)c1ccccc1)c1cccc(Cl)c1. The Kier molecular flexibility index (Phi) is 4.84. The van der Waals surface area contributed by atoms with Crippen LogP contribution in [0.25, 0.3) is 0 Å². The number of ketones is 1. The molecule has 0 radical (unpaired) electrons.